The van der Waals surface area contributed by atoms with Crippen molar-refractivity contribution in [3.8, 4) is 0 Å². The lowest BCUT2D eigenvalue weighted by Gasteiger charge is -2.15. The van der Waals surface area contributed by atoms with Gasteiger partial charge in [-0.2, -0.15) is 0 Å². The van der Waals surface area contributed by atoms with Crippen molar-refractivity contribution in [3.63, 3.8) is 0 Å². The predicted octanol–water partition coefficient (Wildman–Crippen LogP) is 5.08. The Morgan fingerprint density at radius 1 is 0.857 bits per heavy atom. The molecule has 154 valence electrons. The molecule has 1 aromatic carbocycles. The maximum atomic E-state index is 12.7. The molecule has 0 heterocycles. The molecule has 7 nitrogen and oxygen atoms in total. The molecule has 0 aliphatic heterocycles. The highest BCUT2D eigenvalue weighted by atomic mass is 31.2. The maximum Gasteiger partial charge on any atom is 0.406 e. The summed E-state index contributed by atoms with van der Waals surface area (Å²) in [6.07, 6.45) is 3.99. The summed E-state index contributed by atoms with van der Waals surface area (Å²) in [6.45, 7) is 9.60. The van der Waals surface area contributed by atoms with Crippen LogP contribution in [0.1, 0.15) is 45.1 Å². The van der Waals surface area contributed by atoms with Gasteiger partial charge in [-0.05, 0) is 38.7 Å². The zero-order valence-corrected chi connectivity index (χ0v) is 17.2. The summed E-state index contributed by atoms with van der Waals surface area (Å²) >= 11 is 0. The van der Waals surface area contributed by atoms with Gasteiger partial charge in [-0.25, -0.2) is 9.59 Å². The van der Waals surface area contributed by atoms with Crippen molar-refractivity contribution >= 4 is 19.5 Å². The molecule has 0 spiro atoms. The summed E-state index contributed by atoms with van der Waals surface area (Å²) in [5.74, 6) is -1.78. The first kappa shape index (κ1) is 23.8. The van der Waals surface area contributed by atoms with Gasteiger partial charge < -0.3 is 0 Å². The van der Waals surface area contributed by atoms with Gasteiger partial charge in [0, 0.05) is 11.1 Å². The molecule has 0 amide bonds. The van der Waals surface area contributed by atoms with Gasteiger partial charge in [0.05, 0.1) is 6.16 Å². The number of carbonyl (C=O) groups excluding carboxylic acids is 2. The number of hydrogen-bond acceptors (Lipinski definition) is 7. The third-order valence-corrected chi connectivity index (χ3v) is 5.11. The minimum Gasteiger partial charge on any atom is -0.284 e. The Labute approximate surface area is 165 Å². The molecule has 1 rings (SSSR count). The number of carbonyl (C=O) groups is 2. The molecule has 1 aromatic rings. The topological polar surface area (TPSA) is 88.1 Å². The Balaban J connectivity index is 2.45. The summed E-state index contributed by atoms with van der Waals surface area (Å²) in [7, 11) is -3.98. The van der Waals surface area contributed by atoms with Crippen molar-refractivity contribution < 1.29 is 33.3 Å². The van der Waals surface area contributed by atoms with Crippen LogP contribution >= 0.6 is 7.60 Å². The smallest absolute Gasteiger partial charge is 0.284 e. The molecule has 28 heavy (non-hydrogen) atoms. The molecular formula is C20H27O7P. The second-order valence-corrected chi connectivity index (χ2v) is 8.40. The van der Waals surface area contributed by atoms with Crippen LogP contribution in [0.2, 0.25) is 0 Å². The summed E-state index contributed by atoms with van der Waals surface area (Å²) < 4.78 is 22.0. The second kappa shape index (κ2) is 12.3. The highest BCUT2D eigenvalue weighted by molar-refractivity contribution is 7.53. The first-order valence-electron chi connectivity index (χ1n) is 8.99. The van der Waals surface area contributed by atoms with E-state index in [4.69, 9.17) is 0 Å². The molecule has 0 radical (unpaired) electrons. The molecule has 0 saturated heterocycles. The molecule has 0 aliphatic carbocycles. The number of unbranched alkanes of at least 4 members (excludes halogenated alkanes) is 3. The predicted molar refractivity (Wildman–Crippen MR) is 105 cm³/mol. The molecule has 0 saturated carbocycles. The second-order valence-electron chi connectivity index (χ2n) is 6.44. The quantitative estimate of drug-likeness (QED) is 0.147. The van der Waals surface area contributed by atoms with Gasteiger partial charge in [-0.1, -0.05) is 65.7 Å². The van der Waals surface area contributed by atoms with Crippen molar-refractivity contribution in [1.29, 1.82) is 0 Å². The van der Waals surface area contributed by atoms with E-state index in [0.29, 0.717) is 6.42 Å². The third kappa shape index (κ3) is 9.65. The molecule has 0 aromatic heterocycles. The van der Waals surface area contributed by atoms with Crippen LogP contribution < -0.4 is 0 Å². The van der Waals surface area contributed by atoms with E-state index in [-0.39, 0.29) is 17.3 Å². The Morgan fingerprint density at radius 2 is 1.36 bits per heavy atom. The third-order valence-electron chi connectivity index (χ3n) is 3.64. The van der Waals surface area contributed by atoms with Crippen LogP contribution in [-0.4, -0.2) is 18.1 Å². The zero-order chi connectivity index (χ0) is 21.0. The maximum absolute atomic E-state index is 12.7. The lowest BCUT2D eigenvalue weighted by Crippen LogP contribution is -2.11. The normalized spacial score (nSPS) is 10.9. The van der Waals surface area contributed by atoms with Crippen LogP contribution in [0.25, 0.3) is 0 Å². The van der Waals surface area contributed by atoms with Gasteiger partial charge in [-0.3, -0.25) is 14.3 Å². The molecule has 0 aliphatic rings. The Morgan fingerprint density at radius 3 is 1.86 bits per heavy atom. The number of rotatable bonds is 13. The monoisotopic (exact) mass is 410 g/mol. The fourth-order valence-corrected chi connectivity index (χ4v) is 3.19. The first-order valence-corrected chi connectivity index (χ1v) is 10.7. The van der Waals surface area contributed by atoms with E-state index < -0.39 is 19.5 Å². The molecular weight excluding hydrogens is 383 g/mol. The van der Waals surface area contributed by atoms with Crippen LogP contribution in [0, 0.1) is 0 Å². The van der Waals surface area contributed by atoms with E-state index in [1.54, 1.807) is 0 Å². The highest BCUT2D eigenvalue weighted by Crippen LogP contribution is 2.49. The minimum atomic E-state index is -3.98. The van der Waals surface area contributed by atoms with E-state index in [0.717, 1.165) is 25.7 Å². The largest absolute Gasteiger partial charge is 0.406 e. The molecule has 0 fully saturated rings. The fraction of sp³-hybridized carbons (Fsp3) is 0.400. The average molecular weight is 410 g/mol. The lowest BCUT2D eigenvalue weighted by molar-refractivity contribution is -0.246. The summed E-state index contributed by atoms with van der Waals surface area (Å²) in [6, 6.07) is 10.1. The minimum absolute atomic E-state index is 0.0615. The first-order chi connectivity index (χ1) is 13.2. The summed E-state index contributed by atoms with van der Waals surface area (Å²) in [5.41, 5.74) is 1.39. The number of benzene rings is 1. The Kier molecular flexibility index (Phi) is 10.5. The van der Waals surface area contributed by atoms with Gasteiger partial charge in [0.2, 0.25) is 0 Å². The molecule has 8 heteroatoms. The van der Waals surface area contributed by atoms with Crippen molar-refractivity contribution in [1.82, 2.24) is 0 Å². The van der Waals surface area contributed by atoms with Gasteiger partial charge in [0.1, 0.15) is 0 Å². The van der Waals surface area contributed by atoms with Gasteiger partial charge in [0.15, 0.2) is 0 Å². The van der Waals surface area contributed by atoms with Crippen LogP contribution in [0.4, 0.5) is 0 Å². The van der Waals surface area contributed by atoms with Crippen molar-refractivity contribution in [2.75, 3.05) is 6.16 Å². The molecule has 0 N–H and O–H groups in total. The fourth-order valence-electron chi connectivity index (χ4n) is 2.04. The Bertz CT molecular complexity index is 693. The van der Waals surface area contributed by atoms with E-state index >= 15 is 0 Å². The van der Waals surface area contributed by atoms with E-state index in [2.05, 4.69) is 44.4 Å². The average Bonchev–Trinajstić information content (AvgIpc) is 2.67. The standard InChI is InChI=1S/C20H27O7P/c1-16(2)19(21)24-26-28(23,27-25-20(22)17(3)4)15-11-6-5-8-12-18-13-9-7-10-14-18/h7,9-10,13-14H,1,3,5-6,8,11-12,15H2,2,4H3. The number of aryl methyl sites for hydroxylation is 1. The van der Waals surface area contributed by atoms with Crippen LogP contribution in [0.3, 0.4) is 0 Å². The lowest BCUT2D eigenvalue weighted by atomic mass is 10.1. The van der Waals surface area contributed by atoms with E-state index in [1.165, 1.54) is 19.4 Å². The Hall–Kier alpha value is -2.21. The SMILES string of the molecule is C=C(C)C(=O)OOP(=O)(CCCCCCc1ccccc1)OOC(=O)C(=C)C. The van der Waals surface area contributed by atoms with Gasteiger partial charge >= 0.3 is 19.5 Å². The highest BCUT2D eigenvalue weighted by Gasteiger charge is 2.31. The van der Waals surface area contributed by atoms with E-state index in [1.807, 2.05) is 18.2 Å². The molecule has 0 unspecified atom stereocenters. The van der Waals surface area contributed by atoms with Crippen LogP contribution in [-0.2, 0) is 39.7 Å². The van der Waals surface area contributed by atoms with Crippen LogP contribution in [0.15, 0.2) is 54.6 Å². The van der Waals surface area contributed by atoms with Crippen molar-refractivity contribution in [3.05, 3.63) is 60.2 Å². The van der Waals surface area contributed by atoms with Crippen molar-refractivity contribution in [2.45, 2.75) is 46.0 Å². The van der Waals surface area contributed by atoms with Gasteiger partial charge in [-0.15, -0.1) is 0 Å². The van der Waals surface area contributed by atoms with Gasteiger partial charge in [0.25, 0.3) is 0 Å². The zero-order valence-electron chi connectivity index (χ0n) is 16.3. The summed E-state index contributed by atoms with van der Waals surface area (Å²) in [5, 5.41) is 0. The molecule has 0 bridgehead atoms. The van der Waals surface area contributed by atoms with Crippen LogP contribution in [0.5, 0.6) is 0 Å². The summed E-state index contributed by atoms with van der Waals surface area (Å²) in [4.78, 5) is 31.8. The van der Waals surface area contributed by atoms with Crippen molar-refractivity contribution in [2.24, 2.45) is 0 Å². The number of hydrogen-bond donors (Lipinski definition) is 0. The molecule has 0 atom stereocenters. The van der Waals surface area contributed by atoms with E-state index in [9.17, 15) is 14.2 Å².